The molecule has 0 aliphatic heterocycles. The van der Waals surface area contributed by atoms with Crippen LogP contribution in [0.5, 0.6) is 0 Å². The van der Waals surface area contributed by atoms with Crippen molar-refractivity contribution in [3.8, 4) is 0 Å². The zero-order chi connectivity index (χ0) is 9.23. The van der Waals surface area contributed by atoms with Gasteiger partial charge in [0.05, 0.1) is 0 Å². The van der Waals surface area contributed by atoms with Crippen LogP contribution in [0.3, 0.4) is 0 Å². The Morgan fingerprint density at radius 1 is 1.25 bits per heavy atom. The van der Waals surface area contributed by atoms with Gasteiger partial charge in [-0.25, -0.2) is 0 Å². The Hall–Kier alpha value is -0.305. The lowest BCUT2D eigenvalue weighted by Gasteiger charge is -2.00. The van der Waals surface area contributed by atoms with Gasteiger partial charge in [0.25, 0.3) is 0 Å². The molecular weight excluding hydrogens is 151 g/mol. The summed E-state index contributed by atoms with van der Waals surface area (Å²) in [4.78, 5) is 10.9. The van der Waals surface area contributed by atoms with E-state index in [4.69, 9.17) is 4.65 Å². The molecular formula is C9H18BO2. The highest BCUT2D eigenvalue weighted by atomic mass is 16.4. The molecule has 0 saturated carbocycles. The lowest BCUT2D eigenvalue weighted by molar-refractivity contribution is -0.112. The molecule has 0 unspecified atom stereocenters. The molecule has 0 fully saturated rings. The van der Waals surface area contributed by atoms with E-state index in [9.17, 15) is 4.79 Å². The van der Waals surface area contributed by atoms with E-state index in [-0.39, 0.29) is 5.68 Å². The van der Waals surface area contributed by atoms with Gasteiger partial charge in [-0.2, -0.15) is 0 Å². The van der Waals surface area contributed by atoms with Gasteiger partial charge in [-0.15, -0.1) is 0 Å². The van der Waals surface area contributed by atoms with Crippen LogP contribution in [-0.2, 0) is 9.45 Å². The molecule has 0 rings (SSSR count). The van der Waals surface area contributed by atoms with Crippen molar-refractivity contribution in [2.24, 2.45) is 0 Å². The average molecular weight is 169 g/mol. The lowest BCUT2D eigenvalue weighted by Crippen LogP contribution is -2.13. The second-order valence-corrected chi connectivity index (χ2v) is 2.91. The zero-order valence-corrected chi connectivity index (χ0v) is 8.14. The predicted octanol–water partition coefficient (Wildman–Crippen LogP) is 2.14. The van der Waals surface area contributed by atoms with Crippen LogP contribution < -0.4 is 0 Å². The molecule has 3 heteroatoms. The topological polar surface area (TPSA) is 26.3 Å². The van der Waals surface area contributed by atoms with Crippen LogP contribution in [0.25, 0.3) is 0 Å². The largest absolute Gasteiger partial charge is 0.432 e. The Morgan fingerprint density at radius 3 is 2.58 bits per heavy atom. The van der Waals surface area contributed by atoms with Crippen molar-refractivity contribution >= 4 is 13.2 Å². The number of hydrogen-bond donors (Lipinski definition) is 0. The summed E-state index contributed by atoms with van der Waals surface area (Å²) in [6.45, 7) is 4.82. The summed E-state index contributed by atoms with van der Waals surface area (Å²) in [5, 5.41) is 0. The van der Waals surface area contributed by atoms with Crippen LogP contribution in [-0.4, -0.2) is 19.8 Å². The first-order valence-electron chi connectivity index (χ1n) is 4.78. The van der Waals surface area contributed by atoms with Gasteiger partial charge in [-0.3, -0.25) is 0 Å². The average Bonchev–Trinajstić information content (AvgIpc) is 2.05. The molecule has 0 aromatic carbocycles. The summed E-state index contributed by atoms with van der Waals surface area (Å²) in [5.74, 6) is 0. The fourth-order valence-electron chi connectivity index (χ4n) is 0.893. The Morgan fingerprint density at radius 2 is 2.00 bits per heavy atom. The highest BCUT2D eigenvalue weighted by Gasteiger charge is 2.02. The molecule has 0 aliphatic carbocycles. The molecule has 0 aromatic rings. The summed E-state index contributed by atoms with van der Waals surface area (Å²) < 4.78 is 5.08. The molecule has 0 atom stereocenters. The second-order valence-electron chi connectivity index (χ2n) is 2.91. The minimum absolute atomic E-state index is 0.106. The third kappa shape index (κ3) is 7.80. The van der Waals surface area contributed by atoms with Gasteiger partial charge in [0, 0.05) is 6.61 Å². The van der Waals surface area contributed by atoms with Crippen molar-refractivity contribution < 1.29 is 9.45 Å². The second kappa shape index (κ2) is 8.79. The Bertz CT molecular complexity index is 115. The minimum atomic E-state index is 0.106. The molecule has 0 N–H and O–H groups in total. The van der Waals surface area contributed by atoms with Crippen LogP contribution in [0.2, 0.25) is 0 Å². The van der Waals surface area contributed by atoms with Crippen LogP contribution in [0, 0.1) is 0 Å². The number of carbonyl (C=O) groups is 1. The van der Waals surface area contributed by atoms with Gasteiger partial charge < -0.3 is 9.45 Å². The Balaban J connectivity index is 3.03. The third-order valence-corrected chi connectivity index (χ3v) is 1.58. The summed E-state index contributed by atoms with van der Waals surface area (Å²) in [7, 11) is 1.36. The van der Waals surface area contributed by atoms with Gasteiger partial charge in [-0.1, -0.05) is 33.1 Å². The van der Waals surface area contributed by atoms with E-state index in [0.717, 1.165) is 12.8 Å². The number of unbranched alkanes of at least 4 members (excludes halogenated alkanes) is 2. The summed E-state index contributed by atoms with van der Waals surface area (Å²) in [5.41, 5.74) is 0.106. The van der Waals surface area contributed by atoms with E-state index in [2.05, 4.69) is 6.92 Å². The fraction of sp³-hybridized carbons (Fsp3) is 0.889. The molecule has 0 amide bonds. The highest BCUT2D eigenvalue weighted by molar-refractivity contribution is 6.68. The molecule has 69 valence electrons. The first-order valence-corrected chi connectivity index (χ1v) is 4.78. The maximum absolute atomic E-state index is 10.9. The van der Waals surface area contributed by atoms with E-state index in [0.29, 0.717) is 13.0 Å². The standard InChI is InChI=1S/C9H18BO2/c1-3-5-6-8-12-10-9(11)7-4-2/h3-8H2,1-2H3. The van der Waals surface area contributed by atoms with Crippen molar-refractivity contribution in [2.45, 2.75) is 46.0 Å². The maximum atomic E-state index is 10.9. The number of hydrogen-bond acceptors (Lipinski definition) is 2. The minimum Gasteiger partial charge on any atom is -0.432 e. The van der Waals surface area contributed by atoms with E-state index in [1.807, 2.05) is 6.92 Å². The van der Waals surface area contributed by atoms with Crippen molar-refractivity contribution in [1.29, 1.82) is 0 Å². The molecule has 2 nitrogen and oxygen atoms in total. The monoisotopic (exact) mass is 169 g/mol. The quantitative estimate of drug-likeness (QED) is 0.411. The smallest absolute Gasteiger partial charge is 0.376 e. The Labute approximate surface area is 76.0 Å². The van der Waals surface area contributed by atoms with Gasteiger partial charge in [0.1, 0.15) is 5.68 Å². The fourth-order valence-corrected chi connectivity index (χ4v) is 0.893. The molecule has 0 heterocycles. The van der Waals surface area contributed by atoms with E-state index < -0.39 is 0 Å². The lowest BCUT2D eigenvalue weighted by atomic mass is 9.90. The molecule has 0 spiro atoms. The summed E-state index contributed by atoms with van der Waals surface area (Å²) >= 11 is 0. The predicted molar refractivity (Wildman–Crippen MR) is 51.1 cm³/mol. The molecule has 12 heavy (non-hydrogen) atoms. The van der Waals surface area contributed by atoms with Gasteiger partial charge in [0.15, 0.2) is 0 Å². The number of carbonyl (C=O) groups excluding carboxylic acids is 1. The molecule has 0 aromatic heterocycles. The van der Waals surface area contributed by atoms with Crippen LogP contribution in [0.1, 0.15) is 46.0 Å². The van der Waals surface area contributed by atoms with Crippen LogP contribution in [0.4, 0.5) is 0 Å². The van der Waals surface area contributed by atoms with E-state index in [1.165, 1.54) is 20.3 Å². The van der Waals surface area contributed by atoms with Crippen molar-refractivity contribution in [2.75, 3.05) is 6.61 Å². The van der Waals surface area contributed by atoms with Crippen molar-refractivity contribution in [3.05, 3.63) is 0 Å². The highest BCUT2D eigenvalue weighted by Crippen LogP contribution is 1.94. The van der Waals surface area contributed by atoms with E-state index >= 15 is 0 Å². The van der Waals surface area contributed by atoms with Gasteiger partial charge in [0.2, 0.25) is 0 Å². The molecule has 1 radical (unpaired) electrons. The van der Waals surface area contributed by atoms with E-state index in [1.54, 1.807) is 0 Å². The maximum Gasteiger partial charge on any atom is 0.376 e. The zero-order valence-electron chi connectivity index (χ0n) is 8.14. The first-order chi connectivity index (χ1) is 5.81. The summed E-state index contributed by atoms with van der Waals surface area (Å²) in [6, 6.07) is 0. The van der Waals surface area contributed by atoms with Crippen molar-refractivity contribution in [1.82, 2.24) is 0 Å². The Kier molecular flexibility index (Phi) is 8.57. The third-order valence-electron chi connectivity index (χ3n) is 1.58. The molecule has 0 aliphatic rings. The van der Waals surface area contributed by atoms with Crippen molar-refractivity contribution in [3.63, 3.8) is 0 Å². The molecule has 0 bridgehead atoms. The SMILES string of the molecule is CCCCCO[B]C(=O)CCC. The van der Waals surface area contributed by atoms with Gasteiger partial charge >= 0.3 is 7.48 Å². The van der Waals surface area contributed by atoms with Crippen LogP contribution in [0.15, 0.2) is 0 Å². The van der Waals surface area contributed by atoms with Crippen LogP contribution >= 0.6 is 0 Å². The normalized spacial score (nSPS) is 9.83. The number of rotatable bonds is 8. The van der Waals surface area contributed by atoms with Gasteiger partial charge in [-0.05, 0) is 12.8 Å². The summed E-state index contributed by atoms with van der Waals surface area (Å²) in [6.07, 6.45) is 4.91. The molecule has 0 saturated heterocycles. The first kappa shape index (κ1) is 11.7.